The molecule has 4 rings (SSSR count). The van der Waals surface area contributed by atoms with Crippen LogP contribution in [0, 0.1) is 0 Å². The molecule has 1 aliphatic carbocycles. The van der Waals surface area contributed by atoms with Gasteiger partial charge in [-0.2, -0.15) is 9.61 Å². The van der Waals surface area contributed by atoms with Crippen molar-refractivity contribution >= 4 is 28.9 Å². The lowest BCUT2D eigenvalue weighted by molar-refractivity contribution is 0.100. The average Bonchev–Trinajstić information content (AvgIpc) is 3.09. The van der Waals surface area contributed by atoms with Gasteiger partial charge in [-0.3, -0.25) is 9.59 Å². The first-order chi connectivity index (χ1) is 13.4. The summed E-state index contributed by atoms with van der Waals surface area (Å²) in [6, 6.07) is 5.02. The molecule has 10 heteroatoms. The highest BCUT2D eigenvalue weighted by Crippen LogP contribution is 2.28. The number of aliphatic hydroxyl groups excluding tert-OH is 1. The molecule has 3 aromatic rings. The molecule has 1 fully saturated rings. The highest BCUT2D eigenvalue weighted by Gasteiger charge is 2.22. The molecule has 3 aromatic heterocycles. The Morgan fingerprint density at radius 2 is 2.04 bits per heavy atom. The van der Waals surface area contributed by atoms with Gasteiger partial charge in [-0.15, -0.1) is 0 Å². The van der Waals surface area contributed by atoms with E-state index in [0.29, 0.717) is 24.3 Å². The predicted octanol–water partition coefficient (Wildman–Crippen LogP) is 0.792. The Morgan fingerprint density at radius 1 is 1.29 bits per heavy atom. The monoisotopic (exact) mass is 383 g/mol. The minimum absolute atomic E-state index is 0.0504. The molecule has 6 N–H and O–H groups in total. The number of pyridine rings is 1. The maximum atomic E-state index is 12.9. The van der Waals surface area contributed by atoms with Gasteiger partial charge in [0.05, 0.1) is 12.3 Å². The first kappa shape index (κ1) is 18.0. The smallest absolute Gasteiger partial charge is 0.274 e. The summed E-state index contributed by atoms with van der Waals surface area (Å²) < 4.78 is 2.99. The van der Waals surface area contributed by atoms with Crippen LogP contribution in [0.3, 0.4) is 0 Å². The lowest BCUT2D eigenvalue weighted by Gasteiger charge is -2.27. The van der Waals surface area contributed by atoms with E-state index < -0.39 is 5.91 Å². The molecule has 10 nitrogen and oxygen atoms in total. The molecule has 3 heterocycles. The van der Waals surface area contributed by atoms with Crippen LogP contribution in [0.1, 0.15) is 42.1 Å². The molecule has 1 amide bonds. The highest BCUT2D eigenvalue weighted by atomic mass is 16.3. The number of hydrogen-bond donors (Lipinski definition) is 4. The van der Waals surface area contributed by atoms with Gasteiger partial charge in [0.25, 0.3) is 11.5 Å². The normalized spacial score (nSPS) is 19.6. The zero-order valence-corrected chi connectivity index (χ0v) is 15.1. The number of nitrogens with one attached hydrogen (secondary N) is 1. The number of nitrogens with zero attached hydrogens (tertiary/aromatic N) is 4. The van der Waals surface area contributed by atoms with Gasteiger partial charge in [-0.25, -0.2) is 4.98 Å². The van der Waals surface area contributed by atoms with Gasteiger partial charge >= 0.3 is 0 Å². The summed E-state index contributed by atoms with van der Waals surface area (Å²) in [7, 11) is 0. The van der Waals surface area contributed by atoms with E-state index in [2.05, 4.69) is 15.4 Å². The van der Waals surface area contributed by atoms with Gasteiger partial charge in [0.15, 0.2) is 5.65 Å². The fourth-order valence-electron chi connectivity index (χ4n) is 3.59. The van der Waals surface area contributed by atoms with Crippen molar-refractivity contribution < 1.29 is 9.90 Å². The van der Waals surface area contributed by atoms with Gasteiger partial charge in [0, 0.05) is 18.3 Å². The van der Waals surface area contributed by atoms with Crippen molar-refractivity contribution in [2.45, 2.75) is 37.8 Å². The Kier molecular flexibility index (Phi) is 4.47. The number of anilines is 3. The van der Waals surface area contributed by atoms with E-state index in [1.807, 2.05) is 0 Å². The highest BCUT2D eigenvalue weighted by molar-refractivity contribution is 5.98. The maximum Gasteiger partial charge on any atom is 0.274 e. The Balaban J connectivity index is 1.68. The minimum atomic E-state index is -0.666. The van der Waals surface area contributed by atoms with E-state index in [-0.39, 0.29) is 34.7 Å². The molecule has 1 aliphatic rings. The molecular weight excluding hydrogens is 362 g/mol. The van der Waals surface area contributed by atoms with Crippen LogP contribution >= 0.6 is 0 Å². The third kappa shape index (κ3) is 3.18. The molecule has 0 bridgehead atoms. The molecule has 1 saturated carbocycles. The van der Waals surface area contributed by atoms with E-state index in [1.54, 1.807) is 22.9 Å². The van der Waals surface area contributed by atoms with Gasteiger partial charge in [-0.1, -0.05) is 0 Å². The van der Waals surface area contributed by atoms with Crippen LogP contribution in [0.4, 0.5) is 17.3 Å². The molecule has 0 radical (unpaired) electrons. The summed E-state index contributed by atoms with van der Waals surface area (Å²) in [6.07, 6.45) is 5.63. The molecule has 146 valence electrons. The summed E-state index contributed by atoms with van der Waals surface area (Å²) in [5.74, 6) is -0.111. The summed E-state index contributed by atoms with van der Waals surface area (Å²) >= 11 is 0. The molecule has 0 atom stereocenters. The van der Waals surface area contributed by atoms with E-state index in [0.717, 1.165) is 12.8 Å². The minimum Gasteiger partial charge on any atom is -0.393 e. The molecule has 28 heavy (non-hydrogen) atoms. The number of primary amides is 1. The van der Waals surface area contributed by atoms with E-state index >= 15 is 0 Å². The fraction of sp³-hybridized carbons (Fsp3) is 0.333. The van der Waals surface area contributed by atoms with Crippen LogP contribution in [0.15, 0.2) is 35.4 Å². The van der Waals surface area contributed by atoms with Gasteiger partial charge in [0.1, 0.15) is 22.9 Å². The summed E-state index contributed by atoms with van der Waals surface area (Å²) in [6.45, 7) is 0. The number of carbonyl (C=O) groups is 1. The number of nitrogens with two attached hydrogens (primary N) is 2. The summed E-state index contributed by atoms with van der Waals surface area (Å²) in [5.41, 5.74) is 11.8. The number of rotatable bonds is 4. The lowest BCUT2D eigenvalue weighted by atomic mass is 9.93. The van der Waals surface area contributed by atoms with Crippen molar-refractivity contribution in [1.29, 1.82) is 0 Å². The van der Waals surface area contributed by atoms with Crippen LogP contribution in [-0.4, -0.2) is 36.3 Å². The second-order valence-corrected chi connectivity index (χ2v) is 6.95. The molecule has 0 unspecified atom stereocenters. The van der Waals surface area contributed by atoms with Crippen molar-refractivity contribution in [3.05, 3.63) is 46.5 Å². The Hall–Kier alpha value is -3.40. The number of nitrogen functional groups attached to an aromatic ring is 1. The van der Waals surface area contributed by atoms with Crippen LogP contribution in [0.25, 0.3) is 5.65 Å². The Labute approximate surface area is 159 Å². The zero-order chi connectivity index (χ0) is 19.8. The van der Waals surface area contributed by atoms with E-state index in [4.69, 9.17) is 11.5 Å². The van der Waals surface area contributed by atoms with Crippen molar-refractivity contribution in [3.8, 4) is 0 Å². The van der Waals surface area contributed by atoms with E-state index in [9.17, 15) is 14.7 Å². The van der Waals surface area contributed by atoms with Gasteiger partial charge in [-0.05, 0) is 37.8 Å². The number of aliphatic hydroxyl groups is 1. The van der Waals surface area contributed by atoms with Crippen LogP contribution < -0.4 is 22.3 Å². The fourth-order valence-corrected chi connectivity index (χ4v) is 3.59. The van der Waals surface area contributed by atoms with Crippen molar-refractivity contribution in [1.82, 2.24) is 19.2 Å². The largest absolute Gasteiger partial charge is 0.393 e. The lowest BCUT2D eigenvalue weighted by Crippen LogP contribution is -2.29. The number of aromatic nitrogens is 4. The standard InChI is InChI=1S/C18H21N7O3/c19-14-8-15(23-17-12(16(20)27)9-21-25(14)17)22-13-2-1-7-24(18(13)28)10-3-5-11(26)6-4-10/h1-2,7-11,26H,3-6,19H2,(H2,20,27)(H,22,23)/t10-,11-. The number of hydrogen-bond acceptors (Lipinski definition) is 7. The predicted molar refractivity (Wildman–Crippen MR) is 103 cm³/mol. The summed E-state index contributed by atoms with van der Waals surface area (Å²) in [5, 5.41) is 16.7. The first-order valence-corrected chi connectivity index (χ1v) is 9.04. The SMILES string of the molecule is NC(=O)c1cnn2c(N)cc(Nc3cccn([C@H]4CC[C@H](O)CC4)c3=O)nc12. The quantitative estimate of drug-likeness (QED) is 0.519. The Bertz CT molecular complexity index is 1100. The average molecular weight is 383 g/mol. The topological polar surface area (TPSA) is 154 Å². The second-order valence-electron chi connectivity index (χ2n) is 6.95. The zero-order valence-electron chi connectivity index (χ0n) is 15.1. The molecule has 0 aromatic carbocycles. The third-order valence-electron chi connectivity index (χ3n) is 5.06. The maximum absolute atomic E-state index is 12.9. The van der Waals surface area contributed by atoms with Crippen LogP contribution in [0.2, 0.25) is 0 Å². The molecule has 0 saturated heterocycles. The van der Waals surface area contributed by atoms with Crippen LogP contribution in [0.5, 0.6) is 0 Å². The number of carbonyl (C=O) groups excluding carboxylic acids is 1. The number of fused-ring (bicyclic) bond motifs is 1. The van der Waals surface area contributed by atoms with Gasteiger partial charge in [0.2, 0.25) is 0 Å². The number of amides is 1. The third-order valence-corrected chi connectivity index (χ3v) is 5.06. The molecule has 0 spiro atoms. The van der Waals surface area contributed by atoms with Crippen molar-refractivity contribution in [2.24, 2.45) is 5.73 Å². The first-order valence-electron chi connectivity index (χ1n) is 9.04. The van der Waals surface area contributed by atoms with Crippen molar-refractivity contribution in [3.63, 3.8) is 0 Å². The molecule has 0 aliphatic heterocycles. The summed E-state index contributed by atoms with van der Waals surface area (Å²) in [4.78, 5) is 28.8. The van der Waals surface area contributed by atoms with E-state index in [1.165, 1.54) is 16.8 Å². The van der Waals surface area contributed by atoms with Gasteiger partial charge < -0.3 is 26.5 Å². The second kappa shape index (κ2) is 6.97. The Morgan fingerprint density at radius 3 is 2.75 bits per heavy atom. The van der Waals surface area contributed by atoms with Crippen LogP contribution in [-0.2, 0) is 0 Å². The molecular formula is C18H21N7O3. The van der Waals surface area contributed by atoms with Crippen molar-refractivity contribution in [2.75, 3.05) is 11.1 Å².